The van der Waals surface area contributed by atoms with Crippen LogP contribution in [0.3, 0.4) is 0 Å². The predicted octanol–water partition coefficient (Wildman–Crippen LogP) is 2.40. The molecule has 0 atom stereocenters. The van der Waals surface area contributed by atoms with Gasteiger partial charge < -0.3 is 14.9 Å². The summed E-state index contributed by atoms with van der Waals surface area (Å²) in [5.74, 6) is 0.411. The molecule has 1 aromatic carbocycles. The van der Waals surface area contributed by atoms with Crippen molar-refractivity contribution < 1.29 is 4.39 Å². The molecular formula is C13H14FN5. The van der Waals surface area contributed by atoms with Crippen LogP contribution in [0, 0.1) is 5.82 Å². The Morgan fingerprint density at radius 1 is 1.37 bits per heavy atom. The van der Waals surface area contributed by atoms with Gasteiger partial charge >= 0.3 is 0 Å². The average Bonchev–Trinajstić information content (AvgIpc) is 3.02. The van der Waals surface area contributed by atoms with Crippen LogP contribution in [0.2, 0.25) is 0 Å². The van der Waals surface area contributed by atoms with E-state index in [1.54, 1.807) is 18.6 Å². The van der Waals surface area contributed by atoms with Crippen LogP contribution in [0.5, 0.6) is 0 Å². The number of aromatic amines is 1. The summed E-state index contributed by atoms with van der Waals surface area (Å²) in [7, 11) is 0. The summed E-state index contributed by atoms with van der Waals surface area (Å²) in [4.78, 5) is 11.4. The Bertz CT molecular complexity index is 659. The molecule has 6 heteroatoms. The van der Waals surface area contributed by atoms with E-state index in [1.165, 1.54) is 12.1 Å². The van der Waals surface area contributed by atoms with Crippen LogP contribution >= 0.6 is 0 Å². The molecule has 2 aromatic heterocycles. The SMILES string of the molecule is Fc1ccc2nc(NCCCn3ccnc3)[nH]c2c1. The van der Waals surface area contributed by atoms with E-state index in [4.69, 9.17) is 0 Å². The number of nitrogens with zero attached hydrogens (tertiary/aromatic N) is 3. The highest BCUT2D eigenvalue weighted by atomic mass is 19.1. The van der Waals surface area contributed by atoms with Crippen LogP contribution in [0.4, 0.5) is 10.3 Å². The van der Waals surface area contributed by atoms with Crippen molar-refractivity contribution in [3.05, 3.63) is 42.7 Å². The van der Waals surface area contributed by atoms with Crippen LogP contribution in [-0.2, 0) is 6.54 Å². The monoisotopic (exact) mass is 259 g/mol. The Labute approximate surface area is 109 Å². The summed E-state index contributed by atoms with van der Waals surface area (Å²) >= 11 is 0. The third kappa shape index (κ3) is 2.73. The van der Waals surface area contributed by atoms with Crippen molar-refractivity contribution in [2.24, 2.45) is 0 Å². The number of halogens is 1. The van der Waals surface area contributed by atoms with Crippen molar-refractivity contribution >= 4 is 17.0 Å². The number of aryl methyl sites for hydroxylation is 1. The van der Waals surface area contributed by atoms with E-state index < -0.39 is 0 Å². The van der Waals surface area contributed by atoms with Crippen LogP contribution in [0.15, 0.2) is 36.9 Å². The van der Waals surface area contributed by atoms with Gasteiger partial charge in [0.2, 0.25) is 5.95 Å². The lowest BCUT2D eigenvalue weighted by atomic mass is 10.3. The van der Waals surface area contributed by atoms with E-state index in [-0.39, 0.29) is 5.82 Å². The van der Waals surface area contributed by atoms with Crippen LogP contribution in [0.25, 0.3) is 11.0 Å². The van der Waals surface area contributed by atoms with E-state index in [9.17, 15) is 4.39 Å². The fraction of sp³-hybridized carbons (Fsp3) is 0.231. The molecule has 3 rings (SSSR count). The first-order valence-electron chi connectivity index (χ1n) is 6.16. The van der Waals surface area contributed by atoms with E-state index in [2.05, 4.69) is 20.3 Å². The van der Waals surface area contributed by atoms with E-state index >= 15 is 0 Å². The number of nitrogens with one attached hydrogen (secondary N) is 2. The molecule has 3 aromatic rings. The van der Waals surface area contributed by atoms with Crippen molar-refractivity contribution in [2.75, 3.05) is 11.9 Å². The van der Waals surface area contributed by atoms with Gasteiger partial charge in [-0.1, -0.05) is 0 Å². The summed E-state index contributed by atoms with van der Waals surface area (Å²) in [5, 5.41) is 3.19. The lowest BCUT2D eigenvalue weighted by Gasteiger charge is -2.03. The van der Waals surface area contributed by atoms with E-state index in [0.717, 1.165) is 25.0 Å². The first-order chi connectivity index (χ1) is 9.31. The highest BCUT2D eigenvalue weighted by Crippen LogP contribution is 2.15. The van der Waals surface area contributed by atoms with Gasteiger partial charge in [-0.15, -0.1) is 0 Å². The fourth-order valence-electron chi connectivity index (χ4n) is 1.95. The Kier molecular flexibility index (Phi) is 3.14. The van der Waals surface area contributed by atoms with Gasteiger partial charge in [-0.2, -0.15) is 0 Å². The minimum absolute atomic E-state index is 0.261. The number of fused-ring (bicyclic) bond motifs is 1. The zero-order valence-corrected chi connectivity index (χ0v) is 10.3. The highest BCUT2D eigenvalue weighted by Gasteiger charge is 2.02. The molecule has 98 valence electrons. The lowest BCUT2D eigenvalue weighted by molar-refractivity contribution is 0.629. The molecule has 0 spiro atoms. The number of hydrogen-bond donors (Lipinski definition) is 2. The first kappa shape index (κ1) is 11.7. The number of aromatic nitrogens is 4. The first-order valence-corrected chi connectivity index (χ1v) is 6.16. The van der Waals surface area contributed by atoms with Gasteiger partial charge in [0.25, 0.3) is 0 Å². The molecule has 0 saturated carbocycles. The molecule has 2 heterocycles. The van der Waals surface area contributed by atoms with Crippen LogP contribution < -0.4 is 5.32 Å². The second-order valence-electron chi connectivity index (χ2n) is 4.33. The van der Waals surface area contributed by atoms with Gasteiger partial charge in [0.15, 0.2) is 0 Å². The molecule has 5 nitrogen and oxygen atoms in total. The number of H-pyrrole nitrogens is 1. The van der Waals surface area contributed by atoms with Crippen LogP contribution in [0.1, 0.15) is 6.42 Å². The van der Waals surface area contributed by atoms with Gasteiger partial charge in [0.1, 0.15) is 5.82 Å². The van der Waals surface area contributed by atoms with Crippen molar-refractivity contribution in [1.82, 2.24) is 19.5 Å². The average molecular weight is 259 g/mol. The minimum atomic E-state index is -0.261. The summed E-state index contributed by atoms with van der Waals surface area (Å²) in [6.45, 7) is 1.70. The number of imidazole rings is 2. The van der Waals surface area contributed by atoms with Gasteiger partial charge in [-0.25, -0.2) is 14.4 Å². The van der Waals surface area contributed by atoms with Crippen molar-refractivity contribution in [3.8, 4) is 0 Å². The third-order valence-corrected chi connectivity index (χ3v) is 2.89. The minimum Gasteiger partial charge on any atom is -0.356 e. The number of benzene rings is 1. The number of anilines is 1. The summed E-state index contributed by atoms with van der Waals surface area (Å²) in [5.41, 5.74) is 1.47. The maximum atomic E-state index is 13.0. The molecule has 0 aliphatic carbocycles. The van der Waals surface area contributed by atoms with E-state index in [1.807, 2.05) is 10.8 Å². The summed E-state index contributed by atoms with van der Waals surface area (Å²) in [6, 6.07) is 4.52. The van der Waals surface area contributed by atoms with E-state index in [0.29, 0.717) is 11.5 Å². The summed E-state index contributed by atoms with van der Waals surface area (Å²) < 4.78 is 15.1. The van der Waals surface area contributed by atoms with Crippen molar-refractivity contribution in [2.45, 2.75) is 13.0 Å². The highest BCUT2D eigenvalue weighted by molar-refractivity contribution is 5.77. The Balaban J connectivity index is 1.56. The standard InChI is InChI=1S/C13H14FN5/c14-10-2-3-11-12(8-10)18-13(17-11)16-4-1-6-19-7-5-15-9-19/h2-3,5,7-9H,1,4,6H2,(H2,16,17,18). The molecule has 0 fully saturated rings. The molecule has 0 bridgehead atoms. The number of hydrogen-bond acceptors (Lipinski definition) is 3. The molecule has 2 N–H and O–H groups in total. The largest absolute Gasteiger partial charge is 0.356 e. The maximum absolute atomic E-state index is 13.0. The molecular weight excluding hydrogens is 245 g/mol. The lowest BCUT2D eigenvalue weighted by Crippen LogP contribution is -2.06. The Hall–Kier alpha value is -2.37. The maximum Gasteiger partial charge on any atom is 0.201 e. The number of rotatable bonds is 5. The topological polar surface area (TPSA) is 58.5 Å². The Morgan fingerprint density at radius 2 is 2.32 bits per heavy atom. The summed E-state index contributed by atoms with van der Waals surface area (Å²) in [6.07, 6.45) is 6.46. The van der Waals surface area contributed by atoms with Gasteiger partial charge in [-0.05, 0) is 24.6 Å². The fourth-order valence-corrected chi connectivity index (χ4v) is 1.95. The molecule has 0 unspecified atom stereocenters. The Morgan fingerprint density at radius 3 is 3.16 bits per heavy atom. The van der Waals surface area contributed by atoms with Gasteiger partial charge in [0.05, 0.1) is 17.4 Å². The van der Waals surface area contributed by atoms with Crippen molar-refractivity contribution in [1.29, 1.82) is 0 Å². The predicted molar refractivity (Wildman–Crippen MR) is 71.4 cm³/mol. The van der Waals surface area contributed by atoms with Crippen molar-refractivity contribution in [3.63, 3.8) is 0 Å². The third-order valence-electron chi connectivity index (χ3n) is 2.89. The quantitative estimate of drug-likeness (QED) is 0.692. The molecule has 0 aliphatic heterocycles. The zero-order chi connectivity index (χ0) is 13.1. The molecule has 0 amide bonds. The molecule has 0 radical (unpaired) electrons. The molecule has 19 heavy (non-hydrogen) atoms. The molecule has 0 saturated heterocycles. The second kappa shape index (κ2) is 5.09. The van der Waals surface area contributed by atoms with Gasteiger partial charge in [0, 0.05) is 25.5 Å². The van der Waals surface area contributed by atoms with Gasteiger partial charge in [-0.3, -0.25) is 0 Å². The second-order valence-corrected chi connectivity index (χ2v) is 4.33. The smallest absolute Gasteiger partial charge is 0.201 e. The normalized spacial score (nSPS) is 11.0. The van der Waals surface area contributed by atoms with Crippen LogP contribution in [-0.4, -0.2) is 26.1 Å². The molecule has 0 aliphatic rings. The zero-order valence-electron chi connectivity index (χ0n) is 10.3.